The Morgan fingerprint density at radius 2 is 2.29 bits per heavy atom. The maximum atomic E-state index is 13.2. The van der Waals surface area contributed by atoms with E-state index in [4.69, 9.17) is 9.84 Å². The van der Waals surface area contributed by atoms with Crippen molar-refractivity contribution >= 4 is 6.29 Å². The van der Waals surface area contributed by atoms with Gasteiger partial charge in [-0.2, -0.15) is 4.39 Å². The third-order valence-electron chi connectivity index (χ3n) is 1.89. The first-order valence-corrected chi connectivity index (χ1v) is 4.18. The summed E-state index contributed by atoms with van der Waals surface area (Å²) in [4.78, 5) is 10.1. The van der Waals surface area contributed by atoms with Crippen molar-refractivity contribution in [2.75, 3.05) is 7.11 Å². The maximum Gasteiger partial charge on any atom is 0.206 e. The topological polar surface area (TPSA) is 46.5 Å². The Kier molecular flexibility index (Phi) is 3.45. The van der Waals surface area contributed by atoms with E-state index < -0.39 is 11.6 Å². The number of hydrogen-bond donors (Lipinski definition) is 1. The van der Waals surface area contributed by atoms with Gasteiger partial charge >= 0.3 is 0 Å². The number of phenols is 1. The highest BCUT2D eigenvalue weighted by Gasteiger charge is 2.12. The van der Waals surface area contributed by atoms with Crippen molar-refractivity contribution in [3.63, 3.8) is 0 Å². The van der Waals surface area contributed by atoms with Gasteiger partial charge in [0.1, 0.15) is 6.29 Å². The van der Waals surface area contributed by atoms with E-state index in [0.717, 1.165) is 6.29 Å². The van der Waals surface area contributed by atoms with Crippen molar-refractivity contribution in [1.29, 1.82) is 0 Å². The number of phenolic OH excluding ortho intramolecular Hbond substituents is 1. The van der Waals surface area contributed by atoms with Crippen molar-refractivity contribution < 1.29 is 19.0 Å². The second-order valence-electron chi connectivity index (χ2n) is 2.80. The summed E-state index contributed by atoms with van der Waals surface area (Å²) < 4.78 is 18.0. The zero-order chi connectivity index (χ0) is 10.6. The van der Waals surface area contributed by atoms with Gasteiger partial charge < -0.3 is 14.6 Å². The Morgan fingerprint density at radius 1 is 1.57 bits per heavy atom. The second kappa shape index (κ2) is 4.60. The number of carbonyl (C=O) groups excluding carboxylic acids is 1. The number of aldehydes is 1. The fraction of sp³-hybridized carbons (Fsp3) is 0.300. The lowest BCUT2D eigenvalue weighted by molar-refractivity contribution is -0.107. The summed E-state index contributed by atoms with van der Waals surface area (Å²) in [5.74, 6) is -1.22. The van der Waals surface area contributed by atoms with Crippen molar-refractivity contribution in [2.45, 2.75) is 12.8 Å². The van der Waals surface area contributed by atoms with Gasteiger partial charge in [0, 0.05) is 6.42 Å². The average Bonchev–Trinajstić information content (AvgIpc) is 2.20. The van der Waals surface area contributed by atoms with Gasteiger partial charge in [-0.15, -0.1) is 0 Å². The van der Waals surface area contributed by atoms with E-state index in [-0.39, 0.29) is 5.75 Å². The first-order chi connectivity index (χ1) is 6.70. The lowest BCUT2D eigenvalue weighted by atomic mass is 10.1. The summed E-state index contributed by atoms with van der Waals surface area (Å²) >= 11 is 0. The number of hydrogen-bond acceptors (Lipinski definition) is 3. The van der Waals surface area contributed by atoms with E-state index in [1.54, 1.807) is 6.07 Å². The molecular formula is C10H11FO3. The van der Waals surface area contributed by atoms with Gasteiger partial charge in [-0.1, -0.05) is 6.07 Å². The summed E-state index contributed by atoms with van der Waals surface area (Å²) in [7, 11) is 1.32. The average molecular weight is 198 g/mol. The zero-order valence-electron chi connectivity index (χ0n) is 7.79. The van der Waals surface area contributed by atoms with Crippen molar-refractivity contribution in [2.24, 2.45) is 0 Å². The molecule has 0 bridgehead atoms. The van der Waals surface area contributed by atoms with Gasteiger partial charge in [-0.25, -0.2) is 0 Å². The molecule has 0 amide bonds. The molecule has 0 aromatic heterocycles. The molecule has 76 valence electrons. The van der Waals surface area contributed by atoms with Crippen LogP contribution in [-0.4, -0.2) is 18.5 Å². The fourth-order valence-electron chi connectivity index (χ4n) is 1.22. The molecule has 1 aromatic rings. The molecule has 3 nitrogen and oxygen atoms in total. The number of halogens is 1. The maximum absolute atomic E-state index is 13.2. The molecule has 0 atom stereocenters. The largest absolute Gasteiger partial charge is 0.505 e. The summed E-state index contributed by atoms with van der Waals surface area (Å²) in [6.07, 6.45) is 1.47. The van der Waals surface area contributed by atoms with Gasteiger partial charge in [0.15, 0.2) is 11.5 Å². The van der Waals surface area contributed by atoms with E-state index in [9.17, 15) is 9.18 Å². The minimum Gasteiger partial charge on any atom is -0.505 e. The van der Waals surface area contributed by atoms with Crippen molar-refractivity contribution in [1.82, 2.24) is 0 Å². The third kappa shape index (κ3) is 2.02. The van der Waals surface area contributed by atoms with E-state index in [2.05, 4.69) is 0 Å². The summed E-state index contributed by atoms with van der Waals surface area (Å²) in [5, 5.41) is 9.06. The molecule has 0 aliphatic heterocycles. The molecule has 0 heterocycles. The van der Waals surface area contributed by atoms with Crippen LogP contribution in [0.4, 0.5) is 4.39 Å². The van der Waals surface area contributed by atoms with Gasteiger partial charge in [-0.05, 0) is 18.1 Å². The van der Waals surface area contributed by atoms with E-state index >= 15 is 0 Å². The molecule has 0 aliphatic rings. The highest BCUT2D eigenvalue weighted by atomic mass is 19.1. The number of benzene rings is 1. The zero-order valence-corrected chi connectivity index (χ0v) is 7.79. The van der Waals surface area contributed by atoms with Gasteiger partial charge in [0.2, 0.25) is 5.82 Å². The molecule has 0 saturated carbocycles. The molecule has 0 aliphatic carbocycles. The smallest absolute Gasteiger partial charge is 0.206 e. The number of ether oxygens (including phenoxy) is 1. The van der Waals surface area contributed by atoms with E-state index in [1.807, 2.05) is 0 Å². The van der Waals surface area contributed by atoms with Crippen LogP contribution in [0.2, 0.25) is 0 Å². The number of rotatable bonds is 4. The van der Waals surface area contributed by atoms with Crippen LogP contribution < -0.4 is 4.74 Å². The molecular weight excluding hydrogens is 187 g/mol. The number of methoxy groups -OCH3 is 1. The highest BCUT2D eigenvalue weighted by Crippen LogP contribution is 2.29. The Balaban J connectivity index is 3.03. The Labute approximate surface area is 81.1 Å². The van der Waals surface area contributed by atoms with Gasteiger partial charge in [0.25, 0.3) is 0 Å². The first kappa shape index (κ1) is 10.5. The van der Waals surface area contributed by atoms with Crippen LogP contribution in [0.1, 0.15) is 12.0 Å². The Bertz CT molecular complexity index is 336. The predicted molar refractivity (Wildman–Crippen MR) is 49.0 cm³/mol. The quantitative estimate of drug-likeness (QED) is 0.748. The fourth-order valence-corrected chi connectivity index (χ4v) is 1.22. The lowest BCUT2D eigenvalue weighted by Gasteiger charge is -2.08. The summed E-state index contributed by atoms with van der Waals surface area (Å²) in [6, 6.07) is 2.79. The van der Waals surface area contributed by atoms with Gasteiger partial charge in [-0.3, -0.25) is 0 Å². The Morgan fingerprint density at radius 3 is 2.86 bits per heavy atom. The third-order valence-corrected chi connectivity index (χ3v) is 1.89. The first-order valence-electron chi connectivity index (χ1n) is 4.18. The van der Waals surface area contributed by atoms with Crippen molar-refractivity contribution in [3.05, 3.63) is 23.5 Å². The predicted octanol–water partition coefficient (Wildman–Crippen LogP) is 1.67. The van der Waals surface area contributed by atoms with Crippen LogP contribution in [-0.2, 0) is 11.2 Å². The second-order valence-corrected chi connectivity index (χ2v) is 2.80. The van der Waals surface area contributed by atoms with Crippen LogP contribution in [0, 0.1) is 5.82 Å². The molecule has 0 saturated heterocycles. The van der Waals surface area contributed by atoms with E-state index in [0.29, 0.717) is 18.4 Å². The van der Waals surface area contributed by atoms with Crippen molar-refractivity contribution in [3.8, 4) is 11.5 Å². The molecule has 0 radical (unpaired) electrons. The van der Waals surface area contributed by atoms with Crippen LogP contribution in [0.3, 0.4) is 0 Å². The van der Waals surface area contributed by atoms with Crippen LogP contribution in [0.15, 0.2) is 12.1 Å². The van der Waals surface area contributed by atoms with Gasteiger partial charge in [0.05, 0.1) is 7.11 Å². The molecule has 14 heavy (non-hydrogen) atoms. The molecule has 0 fully saturated rings. The Hall–Kier alpha value is -1.58. The van der Waals surface area contributed by atoms with E-state index in [1.165, 1.54) is 13.2 Å². The SMILES string of the molecule is COc1c(CCC=O)ccc(O)c1F. The van der Waals surface area contributed by atoms with Crippen LogP contribution >= 0.6 is 0 Å². The lowest BCUT2D eigenvalue weighted by Crippen LogP contribution is -1.96. The van der Waals surface area contributed by atoms with Crippen LogP contribution in [0.5, 0.6) is 11.5 Å². The molecule has 0 unspecified atom stereocenters. The number of carbonyl (C=O) groups is 1. The standard InChI is InChI=1S/C10H11FO3/c1-14-10-7(3-2-6-12)4-5-8(13)9(10)11/h4-6,13H,2-3H2,1H3. The molecule has 1 aromatic carbocycles. The molecule has 0 spiro atoms. The normalized spacial score (nSPS) is 9.86. The molecule has 1 rings (SSSR count). The molecule has 4 heteroatoms. The summed E-state index contributed by atoms with van der Waals surface area (Å²) in [5.41, 5.74) is 0.579. The summed E-state index contributed by atoms with van der Waals surface area (Å²) in [6.45, 7) is 0. The minimum absolute atomic E-state index is 0.00634. The number of aromatic hydroxyl groups is 1. The number of aryl methyl sites for hydroxylation is 1. The highest BCUT2D eigenvalue weighted by molar-refractivity contribution is 5.51. The van der Waals surface area contributed by atoms with Crippen LogP contribution in [0.25, 0.3) is 0 Å². The molecule has 1 N–H and O–H groups in total. The minimum atomic E-state index is -0.782. The monoisotopic (exact) mass is 198 g/mol.